The van der Waals surface area contributed by atoms with E-state index in [9.17, 15) is 10.1 Å². The molecule has 0 aliphatic carbocycles. The van der Waals surface area contributed by atoms with Crippen LogP contribution in [0.15, 0.2) is 59.7 Å². The summed E-state index contributed by atoms with van der Waals surface area (Å²) in [6.45, 7) is 0. The number of hydrogen-bond donors (Lipinski definition) is 1. The first kappa shape index (κ1) is 15.2. The van der Waals surface area contributed by atoms with Gasteiger partial charge in [-0.3, -0.25) is 15.5 Å². The number of nitrogens with zero attached hydrogens (tertiary/aromatic N) is 2. The van der Waals surface area contributed by atoms with E-state index in [1.54, 1.807) is 31.5 Å². The summed E-state index contributed by atoms with van der Waals surface area (Å²) in [4.78, 5) is 10.1. The monoisotopic (exact) mass is 297 g/mol. The van der Waals surface area contributed by atoms with E-state index in [1.165, 1.54) is 12.1 Å². The Morgan fingerprint density at radius 1 is 1.18 bits per heavy atom. The van der Waals surface area contributed by atoms with Crippen molar-refractivity contribution in [2.24, 2.45) is 5.10 Å². The van der Waals surface area contributed by atoms with Crippen LogP contribution in [0.2, 0.25) is 0 Å². The summed E-state index contributed by atoms with van der Waals surface area (Å²) >= 11 is 0. The predicted molar refractivity (Wildman–Crippen MR) is 87.2 cm³/mol. The molecule has 0 atom stereocenters. The van der Waals surface area contributed by atoms with Gasteiger partial charge < -0.3 is 4.74 Å². The Bertz CT molecular complexity index is 694. The molecular weight excluding hydrogens is 282 g/mol. The van der Waals surface area contributed by atoms with E-state index in [0.29, 0.717) is 5.69 Å². The fourth-order valence-electron chi connectivity index (χ4n) is 1.76. The number of anilines is 1. The summed E-state index contributed by atoms with van der Waals surface area (Å²) in [5.41, 5.74) is 4.46. The highest BCUT2D eigenvalue weighted by Gasteiger charge is 2.02. The zero-order valence-electron chi connectivity index (χ0n) is 12.0. The summed E-state index contributed by atoms with van der Waals surface area (Å²) in [7, 11) is 1.62. The number of nitro groups is 1. The lowest BCUT2D eigenvalue weighted by Crippen LogP contribution is -1.90. The average Bonchev–Trinajstić information content (AvgIpc) is 2.55. The van der Waals surface area contributed by atoms with Gasteiger partial charge in [0.1, 0.15) is 5.75 Å². The number of non-ortho nitro benzene ring substituents is 1. The number of para-hydroxylation sites is 1. The molecule has 6 nitrogen and oxygen atoms in total. The maximum Gasteiger partial charge on any atom is 0.269 e. The number of methoxy groups -OCH3 is 1. The van der Waals surface area contributed by atoms with Crippen LogP contribution >= 0.6 is 0 Å². The van der Waals surface area contributed by atoms with E-state index < -0.39 is 4.92 Å². The van der Waals surface area contributed by atoms with Gasteiger partial charge in [0.25, 0.3) is 5.69 Å². The summed E-state index contributed by atoms with van der Waals surface area (Å²) in [6.07, 6.45) is 5.24. The SMILES string of the molecule is COc1ccccc1/C=C/C=N\Nc1ccc([N+](=O)[O-])cc1. The number of rotatable bonds is 6. The second kappa shape index (κ2) is 7.58. The van der Waals surface area contributed by atoms with Gasteiger partial charge in [0.15, 0.2) is 0 Å². The highest BCUT2D eigenvalue weighted by Crippen LogP contribution is 2.18. The van der Waals surface area contributed by atoms with Crippen LogP contribution in [0.25, 0.3) is 6.08 Å². The van der Waals surface area contributed by atoms with Crippen LogP contribution in [0.3, 0.4) is 0 Å². The van der Waals surface area contributed by atoms with Gasteiger partial charge in [-0.15, -0.1) is 0 Å². The fraction of sp³-hybridized carbons (Fsp3) is 0.0625. The van der Waals surface area contributed by atoms with Gasteiger partial charge >= 0.3 is 0 Å². The lowest BCUT2D eigenvalue weighted by molar-refractivity contribution is -0.384. The molecule has 0 saturated carbocycles. The smallest absolute Gasteiger partial charge is 0.269 e. The molecule has 1 N–H and O–H groups in total. The second-order valence-electron chi connectivity index (χ2n) is 4.30. The second-order valence-corrected chi connectivity index (χ2v) is 4.30. The molecular formula is C16H15N3O3. The molecule has 0 aliphatic rings. The van der Waals surface area contributed by atoms with Gasteiger partial charge in [0.2, 0.25) is 0 Å². The van der Waals surface area contributed by atoms with Crippen LogP contribution in [0, 0.1) is 10.1 Å². The molecule has 22 heavy (non-hydrogen) atoms. The number of nitro benzene ring substituents is 1. The van der Waals surface area contributed by atoms with Crippen molar-refractivity contribution in [1.82, 2.24) is 0 Å². The third-order valence-corrected chi connectivity index (χ3v) is 2.85. The van der Waals surface area contributed by atoms with Crippen LogP contribution in [0.4, 0.5) is 11.4 Å². The number of benzene rings is 2. The largest absolute Gasteiger partial charge is 0.496 e. The summed E-state index contributed by atoms with van der Waals surface area (Å²) in [5, 5.41) is 14.5. The normalized spacial score (nSPS) is 11.0. The number of hydrogen-bond acceptors (Lipinski definition) is 5. The first-order valence-electron chi connectivity index (χ1n) is 6.54. The van der Waals surface area contributed by atoms with Crippen molar-refractivity contribution in [2.75, 3.05) is 12.5 Å². The molecule has 0 spiro atoms. The molecule has 112 valence electrons. The van der Waals surface area contributed by atoms with Crippen molar-refractivity contribution in [3.8, 4) is 5.75 Å². The van der Waals surface area contributed by atoms with Gasteiger partial charge in [-0.25, -0.2) is 0 Å². The molecule has 2 aromatic carbocycles. The third-order valence-electron chi connectivity index (χ3n) is 2.85. The molecule has 0 amide bonds. The van der Waals surface area contributed by atoms with E-state index in [0.717, 1.165) is 11.3 Å². The highest BCUT2D eigenvalue weighted by atomic mass is 16.6. The third kappa shape index (κ3) is 4.17. The Morgan fingerprint density at radius 2 is 1.91 bits per heavy atom. The summed E-state index contributed by atoms with van der Waals surface area (Å²) in [5.74, 6) is 0.787. The van der Waals surface area contributed by atoms with Gasteiger partial charge in [-0.05, 0) is 30.4 Å². The van der Waals surface area contributed by atoms with E-state index >= 15 is 0 Å². The predicted octanol–water partition coefficient (Wildman–Crippen LogP) is 3.71. The van der Waals surface area contributed by atoms with E-state index in [-0.39, 0.29) is 5.69 Å². The molecule has 0 bridgehead atoms. The summed E-state index contributed by atoms with van der Waals surface area (Å²) < 4.78 is 5.24. The maximum atomic E-state index is 10.5. The molecule has 0 radical (unpaired) electrons. The van der Waals surface area contributed by atoms with Crippen LogP contribution in [-0.4, -0.2) is 18.2 Å². The van der Waals surface area contributed by atoms with Gasteiger partial charge in [0.05, 0.1) is 17.7 Å². The van der Waals surface area contributed by atoms with Crippen LogP contribution in [0.5, 0.6) is 5.75 Å². The Kier molecular flexibility index (Phi) is 5.25. The number of nitrogens with one attached hydrogen (secondary N) is 1. The topological polar surface area (TPSA) is 76.8 Å². The van der Waals surface area contributed by atoms with Crippen molar-refractivity contribution in [2.45, 2.75) is 0 Å². The van der Waals surface area contributed by atoms with Crippen molar-refractivity contribution in [3.05, 3.63) is 70.3 Å². The first-order chi connectivity index (χ1) is 10.7. The van der Waals surface area contributed by atoms with E-state index in [2.05, 4.69) is 10.5 Å². The van der Waals surface area contributed by atoms with Gasteiger partial charge in [-0.1, -0.05) is 18.2 Å². The maximum absolute atomic E-state index is 10.5. The van der Waals surface area contributed by atoms with Gasteiger partial charge in [-0.2, -0.15) is 5.10 Å². The Balaban J connectivity index is 1.92. The van der Waals surface area contributed by atoms with Crippen molar-refractivity contribution in [1.29, 1.82) is 0 Å². The molecule has 2 aromatic rings. The van der Waals surface area contributed by atoms with E-state index in [1.807, 2.05) is 30.3 Å². The molecule has 0 unspecified atom stereocenters. The number of hydrazone groups is 1. The summed E-state index contributed by atoms with van der Waals surface area (Å²) in [6, 6.07) is 13.7. The average molecular weight is 297 g/mol. The van der Waals surface area contributed by atoms with Crippen molar-refractivity contribution in [3.63, 3.8) is 0 Å². The molecule has 0 aliphatic heterocycles. The minimum atomic E-state index is -0.441. The van der Waals surface area contributed by atoms with Gasteiger partial charge in [0, 0.05) is 23.9 Å². The molecule has 2 rings (SSSR count). The number of allylic oxidation sites excluding steroid dienone is 1. The van der Waals surface area contributed by atoms with Crippen LogP contribution in [0.1, 0.15) is 5.56 Å². The molecule has 0 fully saturated rings. The molecule has 0 heterocycles. The Labute approximate surface area is 127 Å². The Hall–Kier alpha value is -3.15. The lowest BCUT2D eigenvalue weighted by atomic mass is 10.2. The quantitative estimate of drug-likeness (QED) is 0.501. The van der Waals surface area contributed by atoms with Crippen LogP contribution in [-0.2, 0) is 0 Å². The molecule has 0 saturated heterocycles. The lowest BCUT2D eigenvalue weighted by Gasteiger charge is -2.02. The number of ether oxygens (including phenoxy) is 1. The minimum absolute atomic E-state index is 0.0469. The van der Waals surface area contributed by atoms with Crippen LogP contribution < -0.4 is 10.2 Å². The fourth-order valence-corrected chi connectivity index (χ4v) is 1.76. The molecule has 6 heteroatoms. The zero-order valence-corrected chi connectivity index (χ0v) is 12.0. The standard InChI is InChI=1S/C16H15N3O3/c1-22-16-7-3-2-5-13(16)6-4-12-17-18-14-8-10-15(11-9-14)19(20)21/h2-12,18H,1H3/b6-4+,17-12-. The highest BCUT2D eigenvalue weighted by molar-refractivity contribution is 5.79. The molecule has 0 aromatic heterocycles. The minimum Gasteiger partial charge on any atom is -0.496 e. The Morgan fingerprint density at radius 3 is 2.59 bits per heavy atom. The van der Waals surface area contributed by atoms with Crippen molar-refractivity contribution < 1.29 is 9.66 Å². The first-order valence-corrected chi connectivity index (χ1v) is 6.54. The zero-order chi connectivity index (χ0) is 15.8. The van der Waals surface area contributed by atoms with Crippen molar-refractivity contribution >= 4 is 23.7 Å². The van der Waals surface area contributed by atoms with E-state index in [4.69, 9.17) is 4.74 Å².